The number of carbonyl (C=O) groups excluding carboxylic acids is 1. The van der Waals surface area contributed by atoms with Crippen LogP contribution in [0.3, 0.4) is 0 Å². The number of pyridine rings is 1. The van der Waals surface area contributed by atoms with Crippen molar-refractivity contribution in [3.8, 4) is 5.75 Å². The van der Waals surface area contributed by atoms with Crippen molar-refractivity contribution in [1.29, 1.82) is 0 Å². The van der Waals surface area contributed by atoms with Crippen LogP contribution in [0.1, 0.15) is 25.1 Å². The maximum Gasteiger partial charge on any atom is 0.422 e. The van der Waals surface area contributed by atoms with E-state index >= 15 is 0 Å². The SMILES string of the molecule is C[C@@H](NC(=O)CCn1ccc2ccc(F)cc21)c1ccc(OCC(F)(F)F)cn1. The van der Waals surface area contributed by atoms with E-state index in [1.807, 2.05) is 6.07 Å². The van der Waals surface area contributed by atoms with E-state index in [2.05, 4.69) is 15.0 Å². The number of aryl methyl sites for hydroxylation is 1. The molecule has 3 rings (SSSR count). The molecular formula is C20H19F4N3O2. The second-order valence-corrected chi connectivity index (χ2v) is 6.57. The molecule has 9 heteroatoms. The van der Waals surface area contributed by atoms with Crippen LogP contribution in [0.2, 0.25) is 0 Å². The van der Waals surface area contributed by atoms with E-state index in [1.165, 1.54) is 30.5 Å². The topological polar surface area (TPSA) is 56.2 Å². The maximum atomic E-state index is 13.4. The first-order valence-corrected chi connectivity index (χ1v) is 8.90. The molecule has 29 heavy (non-hydrogen) atoms. The summed E-state index contributed by atoms with van der Waals surface area (Å²) >= 11 is 0. The average Bonchev–Trinajstić information content (AvgIpc) is 3.06. The number of benzene rings is 1. The highest BCUT2D eigenvalue weighted by Crippen LogP contribution is 2.20. The smallest absolute Gasteiger partial charge is 0.422 e. The molecule has 0 aliphatic carbocycles. The fraction of sp³-hybridized carbons (Fsp3) is 0.300. The average molecular weight is 409 g/mol. The Hall–Kier alpha value is -3.10. The van der Waals surface area contributed by atoms with E-state index < -0.39 is 18.8 Å². The largest absolute Gasteiger partial charge is 0.483 e. The summed E-state index contributed by atoms with van der Waals surface area (Å²) in [4.78, 5) is 16.3. The number of aromatic nitrogens is 2. The van der Waals surface area contributed by atoms with Crippen molar-refractivity contribution in [2.75, 3.05) is 6.61 Å². The molecule has 154 valence electrons. The first-order valence-electron chi connectivity index (χ1n) is 8.90. The van der Waals surface area contributed by atoms with Gasteiger partial charge in [0.05, 0.1) is 23.4 Å². The zero-order valence-electron chi connectivity index (χ0n) is 15.5. The van der Waals surface area contributed by atoms with Crippen LogP contribution < -0.4 is 10.1 Å². The lowest BCUT2D eigenvalue weighted by atomic mass is 10.2. The quantitative estimate of drug-likeness (QED) is 0.589. The zero-order chi connectivity index (χ0) is 21.0. The number of fused-ring (bicyclic) bond motifs is 1. The van der Waals surface area contributed by atoms with E-state index in [1.54, 1.807) is 23.8 Å². The molecule has 0 spiro atoms. The molecule has 1 aromatic carbocycles. The molecular weight excluding hydrogens is 390 g/mol. The van der Waals surface area contributed by atoms with E-state index in [4.69, 9.17) is 0 Å². The van der Waals surface area contributed by atoms with Gasteiger partial charge in [0.25, 0.3) is 0 Å². The Morgan fingerprint density at radius 2 is 2.03 bits per heavy atom. The predicted octanol–water partition coefficient (Wildman–Crippen LogP) is 4.38. The summed E-state index contributed by atoms with van der Waals surface area (Å²) in [6.45, 7) is 0.707. The highest BCUT2D eigenvalue weighted by molar-refractivity contribution is 5.81. The van der Waals surface area contributed by atoms with Gasteiger partial charge in [-0.05, 0) is 48.7 Å². The highest BCUT2D eigenvalue weighted by Gasteiger charge is 2.28. The van der Waals surface area contributed by atoms with Crippen molar-refractivity contribution >= 4 is 16.8 Å². The van der Waals surface area contributed by atoms with Crippen LogP contribution in [0, 0.1) is 5.82 Å². The minimum absolute atomic E-state index is 0.00341. The van der Waals surface area contributed by atoms with Crippen LogP contribution in [0.15, 0.2) is 48.8 Å². The Morgan fingerprint density at radius 3 is 2.72 bits per heavy atom. The summed E-state index contributed by atoms with van der Waals surface area (Å²) < 4.78 is 56.3. The summed E-state index contributed by atoms with van der Waals surface area (Å²) in [5.74, 6) is -0.574. The lowest BCUT2D eigenvalue weighted by molar-refractivity contribution is -0.153. The summed E-state index contributed by atoms with van der Waals surface area (Å²) in [7, 11) is 0. The molecule has 0 aliphatic heterocycles. The fourth-order valence-electron chi connectivity index (χ4n) is 2.86. The number of alkyl halides is 3. The molecule has 0 aliphatic rings. The van der Waals surface area contributed by atoms with E-state index in [0.717, 1.165) is 5.39 Å². The number of hydrogen-bond donors (Lipinski definition) is 1. The van der Waals surface area contributed by atoms with Crippen molar-refractivity contribution in [2.45, 2.75) is 32.1 Å². The molecule has 3 aromatic rings. The van der Waals surface area contributed by atoms with E-state index in [-0.39, 0.29) is 23.9 Å². The Kier molecular flexibility index (Phi) is 6.05. The summed E-state index contributed by atoms with van der Waals surface area (Å²) in [6.07, 6.45) is -1.26. The molecule has 0 unspecified atom stereocenters. The third-order valence-electron chi connectivity index (χ3n) is 4.30. The standard InChI is InChI=1S/C20H19F4N3O2/c1-13(17-5-4-16(11-25-17)29-12-20(22,23)24)26-19(28)7-9-27-8-6-14-2-3-15(21)10-18(14)27/h2-6,8,10-11,13H,7,9,12H2,1H3,(H,26,28)/t13-/m1/s1. The van der Waals surface area contributed by atoms with Crippen molar-refractivity contribution in [2.24, 2.45) is 0 Å². The Labute approximate surface area is 164 Å². The minimum atomic E-state index is -4.42. The third-order valence-corrected chi connectivity index (χ3v) is 4.30. The number of ether oxygens (including phenoxy) is 1. The molecule has 1 amide bonds. The molecule has 2 heterocycles. The van der Waals surface area contributed by atoms with Gasteiger partial charge in [0.1, 0.15) is 11.6 Å². The van der Waals surface area contributed by atoms with E-state index in [9.17, 15) is 22.4 Å². The number of nitrogens with zero attached hydrogens (tertiary/aromatic N) is 2. The van der Waals surface area contributed by atoms with Gasteiger partial charge in [-0.3, -0.25) is 9.78 Å². The van der Waals surface area contributed by atoms with Crippen LogP contribution in [0.25, 0.3) is 10.9 Å². The van der Waals surface area contributed by atoms with Gasteiger partial charge in [0.15, 0.2) is 6.61 Å². The number of nitrogens with one attached hydrogen (secondary N) is 1. The fourth-order valence-corrected chi connectivity index (χ4v) is 2.86. The third kappa shape index (κ3) is 5.69. The van der Waals surface area contributed by atoms with Gasteiger partial charge >= 0.3 is 6.18 Å². The summed E-state index contributed by atoms with van der Waals surface area (Å²) in [5, 5.41) is 3.67. The van der Waals surface area contributed by atoms with Gasteiger partial charge in [-0.1, -0.05) is 0 Å². The van der Waals surface area contributed by atoms with Crippen molar-refractivity contribution in [1.82, 2.24) is 14.9 Å². The highest BCUT2D eigenvalue weighted by atomic mass is 19.4. The molecule has 0 saturated carbocycles. The molecule has 1 atom stereocenters. The van der Waals surface area contributed by atoms with Crippen LogP contribution >= 0.6 is 0 Å². The molecule has 1 N–H and O–H groups in total. The Morgan fingerprint density at radius 1 is 1.24 bits per heavy atom. The van der Waals surface area contributed by atoms with Crippen LogP contribution in [0.4, 0.5) is 17.6 Å². The first-order chi connectivity index (χ1) is 13.7. The molecule has 0 saturated heterocycles. The molecule has 5 nitrogen and oxygen atoms in total. The van der Waals surface area contributed by atoms with Gasteiger partial charge < -0.3 is 14.6 Å². The van der Waals surface area contributed by atoms with Gasteiger partial charge in [0.2, 0.25) is 5.91 Å². The van der Waals surface area contributed by atoms with Crippen molar-refractivity contribution in [3.63, 3.8) is 0 Å². The number of halogens is 4. The lowest BCUT2D eigenvalue weighted by Gasteiger charge is -2.15. The van der Waals surface area contributed by atoms with Crippen LogP contribution in [-0.4, -0.2) is 28.2 Å². The van der Waals surface area contributed by atoms with Crippen molar-refractivity contribution in [3.05, 3.63) is 60.3 Å². The van der Waals surface area contributed by atoms with E-state index in [0.29, 0.717) is 17.8 Å². The number of carbonyl (C=O) groups is 1. The number of hydrogen-bond acceptors (Lipinski definition) is 3. The maximum absolute atomic E-state index is 13.4. The molecule has 0 radical (unpaired) electrons. The van der Waals surface area contributed by atoms with Gasteiger partial charge in [0, 0.05) is 19.2 Å². The Bertz CT molecular complexity index is 984. The Balaban J connectivity index is 1.52. The molecule has 2 aromatic heterocycles. The van der Waals surface area contributed by atoms with Crippen LogP contribution in [0.5, 0.6) is 5.75 Å². The monoisotopic (exact) mass is 409 g/mol. The van der Waals surface area contributed by atoms with Gasteiger partial charge in [-0.2, -0.15) is 13.2 Å². The second kappa shape index (κ2) is 8.50. The summed E-state index contributed by atoms with van der Waals surface area (Å²) in [5.41, 5.74) is 1.20. The molecule has 0 bridgehead atoms. The number of rotatable bonds is 7. The lowest BCUT2D eigenvalue weighted by Crippen LogP contribution is -2.28. The number of amides is 1. The predicted molar refractivity (Wildman–Crippen MR) is 98.9 cm³/mol. The second-order valence-electron chi connectivity index (χ2n) is 6.57. The summed E-state index contributed by atoms with van der Waals surface area (Å²) in [6, 6.07) is 8.77. The first kappa shape index (κ1) is 20.6. The van der Waals surface area contributed by atoms with Gasteiger partial charge in [-0.25, -0.2) is 4.39 Å². The minimum Gasteiger partial charge on any atom is -0.483 e. The molecule has 0 fully saturated rings. The van der Waals surface area contributed by atoms with Crippen LogP contribution in [-0.2, 0) is 11.3 Å². The van der Waals surface area contributed by atoms with Crippen molar-refractivity contribution < 1.29 is 27.1 Å². The zero-order valence-corrected chi connectivity index (χ0v) is 15.5. The normalized spacial score (nSPS) is 12.7. The van der Waals surface area contributed by atoms with Gasteiger partial charge in [-0.15, -0.1) is 0 Å².